The summed E-state index contributed by atoms with van der Waals surface area (Å²) in [5, 5.41) is 9.35. The lowest BCUT2D eigenvalue weighted by atomic mass is 10.2. The second-order valence-electron chi connectivity index (χ2n) is 5.28. The van der Waals surface area contributed by atoms with Gasteiger partial charge in [-0.3, -0.25) is 0 Å². The van der Waals surface area contributed by atoms with Gasteiger partial charge in [-0.15, -0.1) is 0 Å². The molecule has 2 rings (SSSR count). The number of phenols is 1. The van der Waals surface area contributed by atoms with E-state index in [4.69, 9.17) is 0 Å². The number of hydrogen-bond donors (Lipinski definition) is 1. The van der Waals surface area contributed by atoms with Crippen LogP contribution in [-0.2, 0) is 0 Å². The van der Waals surface area contributed by atoms with E-state index < -0.39 is 0 Å². The number of phenolic OH excluding ortho intramolecular Hbond substituents is 1. The van der Waals surface area contributed by atoms with Crippen molar-refractivity contribution >= 4 is 5.69 Å². The van der Waals surface area contributed by atoms with Gasteiger partial charge < -0.3 is 14.5 Å². The van der Waals surface area contributed by atoms with E-state index in [1.807, 2.05) is 12.1 Å². The lowest BCUT2D eigenvalue weighted by Gasteiger charge is -2.35. The van der Waals surface area contributed by atoms with Gasteiger partial charge in [-0.25, -0.2) is 0 Å². The van der Waals surface area contributed by atoms with Crippen LogP contribution in [-0.4, -0.2) is 48.9 Å². The summed E-state index contributed by atoms with van der Waals surface area (Å²) in [6.45, 7) is 11.9. The number of benzene rings is 1. The summed E-state index contributed by atoms with van der Waals surface area (Å²) in [4.78, 5) is 2.45. The zero-order valence-electron chi connectivity index (χ0n) is 11.6. The summed E-state index contributed by atoms with van der Waals surface area (Å²) in [6.07, 6.45) is 1.25. The molecule has 1 saturated heterocycles. The number of quaternary nitrogens is 1. The van der Waals surface area contributed by atoms with Gasteiger partial charge in [0.15, 0.2) is 0 Å². The molecule has 1 aliphatic rings. The van der Waals surface area contributed by atoms with Crippen molar-refractivity contribution in [1.29, 1.82) is 0 Å². The third kappa shape index (κ3) is 2.78. The molecule has 1 aliphatic heterocycles. The number of rotatable bonds is 3. The molecule has 0 saturated carbocycles. The molecular formula is C15H25N2O+. The van der Waals surface area contributed by atoms with Crippen molar-refractivity contribution in [3.63, 3.8) is 0 Å². The molecule has 0 radical (unpaired) electrons. The zero-order chi connectivity index (χ0) is 13.0. The Morgan fingerprint density at radius 3 is 2.33 bits per heavy atom. The number of nitrogens with zero attached hydrogens (tertiary/aromatic N) is 2. The molecule has 1 aromatic rings. The third-order valence-corrected chi connectivity index (χ3v) is 4.46. The second kappa shape index (κ2) is 5.61. The first-order chi connectivity index (χ1) is 8.69. The topological polar surface area (TPSA) is 23.5 Å². The second-order valence-corrected chi connectivity index (χ2v) is 5.28. The Morgan fingerprint density at radius 2 is 1.72 bits per heavy atom. The fourth-order valence-corrected chi connectivity index (χ4v) is 2.93. The molecule has 1 fully saturated rings. The molecule has 0 bridgehead atoms. The summed E-state index contributed by atoms with van der Waals surface area (Å²) in [5.41, 5.74) is 1.24. The van der Waals surface area contributed by atoms with Gasteiger partial charge >= 0.3 is 0 Å². The first-order valence-electron chi connectivity index (χ1n) is 7.08. The molecule has 0 atom stereocenters. The molecule has 0 amide bonds. The number of hydrogen-bond acceptors (Lipinski definition) is 2. The van der Waals surface area contributed by atoms with Crippen LogP contribution in [0.15, 0.2) is 24.3 Å². The predicted molar refractivity (Wildman–Crippen MR) is 76.0 cm³/mol. The highest BCUT2D eigenvalue weighted by atomic mass is 16.3. The molecular weight excluding hydrogens is 224 g/mol. The summed E-state index contributed by atoms with van der Waals surface area (Å²) in [6, 6.07) is 7.60. The van der Waals surface area contributed by atoms with Gasteiger partial charge in [-0.05, 0) is 38.1 Å². The highest BCUT2D eigenvalue weighted by Gasteiger charge is 2.27. The van der Waals surface area contributed by atoms with Crippen LogP contribution in [0.3, 0.4) is 0 Å². The standard InChI is InChI=1S/C15H24N2O/c1-3-17(4-2)12-5-10-16(11-13-17)14-6-8-15(18)9-7-14/h6-9H,3-5,10-13H2,1-2H3/p+1. The van der Waals surface area contributed by atoms with Crippen LogP contribution in [0.2, 0.25) is 0 Å². The van der Waals surface area contributed by atoms with E-state index in [1.54, 1.807) is 12.1 Å². The Morgan fingerprint density at radius 1 is 1.06 bits per heavy atom. The predicted octanol–water partition coefficient (Wildman–Crippen LogP) is 2.46. The average molecular weight is 249 g/mol. The van der Waals surface area contributed by atoms with Crippen LogP contribution >= 0.6 is 0 Å². The quantitative estimate of drug-likeness (QED) is 0.832. The third-order valence-electron chi connectivity index (χ3n) is 4.46. The van der Waals surface area contributed by atoms with Crippen molar-refractivity contribution in [1.82, 2.24) is 0 Å². The van der Waals surface area contributed by atoms with Crippen LogP contribution in [0.4, 0.5) is 5.69 Å². The molecule has 0 unspecified atom stereocenters. The lowest BCUT2D eigenvalue weighted by molar-refractivity contribution is -0.922. The van der Waals surface area contributed by atoms with Crippen LogP contribution in [0, 0.1) is 0 Å². The van der Waals surface area contributed by atoms with Crippen LogP contribution in [0.5, 0.6) is 5.75 Å². The Hall–Kier alpha value is -1.22. The number of aromatic hydroxyl groups is 1. The first kappa shape index (κ1) is 13.2. The largest absolute Gasteiger partial charge is 0.508 e. The molecule has 0 spiro atoms. The maximum Gasteiger partial charge on any atom is 0.115 e. The minimum Gasteiger partial charge on any atom is -0.508 e. The van der Waals surface area contributed by atoms with Crippen LogP contribution in [0.25, 0.3) is 0 Å². The van der Waals surface area contributed by atoms with Crippen LogP contribution < -0.4 is 4.90 Å². The normalized spacial score (nSPS) is 19.6. The van der Waals surface area contributed by atoms with Crippen molar-refractivity contribution in [3.05, 3.63) is 24.3 Å². The Balaban J connectivity index is 2.07. The SMILES string of the molecule is CC[N+]1(CC)CCCN(c2ccc(O)cc2)CC1. The Bertz CT molecular complexity index is 371. The maximum absolute atomic E-state index is 9.35. The summed E-state index contributed by atoms with van der Waals surface area (Å²) < 4.78 is 1.24. The van der Waals surface area contributed by atoms with Gasteiger partial charge in [0.1, 0.15) is 5.75 Å². The van der Waals surface area contributed by atoms with E-state index in [2.05, 4.69) is 18.7 Å². The first-order valence-corrected chi connectivity index (χ1v) is 7.08. The molecule has 3 nitrogen and oxygen atoms in total. The van der Waals surface area contributed by atoms with E-state index in [0.717, 1.165) is 13.1 Å². The molecule has 1 N–H and O–H groups in total. The van der Waals surface area contributed by atoms with Gasteiger partial charge in [-0.1, -0.05) is 0 Å². The van der Waals surface area contributed by atoms with E-state index in [-0.39, 0.29) is 0 Å². The van der Waals surface area contributed by atoms with E-state index in [1.165, 1.54) is 42.8 Å². The number of anilines is 1. The van der Waals surface area contributed by atoms with E-state index in [9.17, 15) is 5.11 Å². The summed E-state index contributed by atoms with van der Waals surface area (Å²) in [7, 11) is 0. The smallest absolute Gasteiger partial charge is 0.115 e. The minimum atomic E-state index is 0.348. The van der Waals surface area contributed by atoms with Crippen molar-refractivity contribution < 1.29 is 9.59 Å². The fourth-order valence-electron chi connectivity index (χ4n) is 2.93. The number of likely N-dealkylation sites (N-methyl/N-ethyl adjacent to an activating group) is 1. The minimum absolute atomic E-state index is 0.348. The van der Waals surface area contributed by atoms with Crippen molar-refractivity contribution in [2.24, 2.45) is 0 Å². The van der Waals surface area contributed by atoms with Crippen molar-refractivity contribution in [2.45, 2.75) is 20.3 Å². The van der Waals surface area contributed by atoms with Crippen molar-refractivity contribution in [3.8, 4) is 5.75 Å². The zero-order valence-corrected chi connectivity index (χ0v) is 11.6. The molecule has 18 heavy (non-hydrogen) atoms. The monoisotopic (exact) mass is 249 g/mol. The van der Waals surface area contributed by atoms with Gasteiger partial charge in [0.2, 0.25) is 0 Å². The molecule has 0 aliphatic carbocycles. The lowest BCUT2D eigenvalue weighted by Crippen LogP contribution is -2.50. The fraction of sp³-hybridized carbons (Fsp3) is 0.600. The van der Waals surface area contributed by atoms with E-state index >= 15 is 0 Å². The van der Waals surface area contributed by atoms with Gasteiger partial charge in [-0.2, -0.15) is 0 Å². The van der Waals surface area contributed by atoms with Gasteiger partial charge in [0.05, 0.1) is 32.7 Å². The van der Waals surface area contributed by atoms with Gasteiger partial charge in [0, 0.05) is 18.7 Å². The average Bonchev–Trinajstić information content (AvgIpc) is 2.63. The molecule has 0 aromatic heterocycles. The Labute approximate surface area is 110 Å². The molecule has 1 aromatic carbocycles. The maximum atomic E-state index is 9.35. The van der Waals surface area contributed by atoms with Crippen molar-refractivity contribution in [2.75, 3.05) is 44.2 Å². The van der Waals surface area contributed by atoms with Gasteiger partial charge in [0.25, 0.3) is 0 Å². The molecule has 1 heterocycles. The summed E-state index contributed by atoms with van der Waals surface area (Å²) in [5.74, 6) is 0.348. The van der Waals surface area contributed by atoms with E-state index in [0.29, 0.717) is 5.75 Å². The highest BCUT2D eigenvalue weighted by molar-refractivity contribution is 5.48. The summed E-state index contributed by atoms with van der Waals surface area (Å²) >= 11 is 0. The Kier molecular flexibility index (Phi) is 4.12. The highest BCUT2D eigenvalue weighted by Crippen LogP contribution is 2.21. The molecule has 100 valence electrons. The molecule has 3 heteroatoms. The van der Waals surface area contributed by atoms with Crippen LogP contribution in [0.1, 0.15) is 20.3 Å².